The highest BCUT2D eigenvalue weighted by Crippen LogP contribution is 2.29. The zero-order chi connectivity index (χ0) is 24.0. The molecule has 0 radical (unpaired) electrons. The summed E-state index contributed by atoms with van der Waals surface area (Å²) in [5.74, 6) is 0.750. The summed E-state index contributed by atoms with van der Waals surface area (Å²) < 4.78 is 1.97. The van der Waals surface area contributed by atoms with Crippen molar-refractivity contribution >= 4 is 45.7 Å². The fourth-order valence-electron chi connectivity index (χ4n) is 3.51. The van der Waals surface area contributed by atoms with Crippen LogP contribution in [0.1, 0.15) is 10.4 Å². The van der Waals surface area contributed by atoms with Crippen LogP contribution in [0.25, 0.3) is 17.1 Å². The second-order valence-corrected chi connectivity index (χ2v) is 10.0. The van der Waals surface area contributed by atoms with Gasteiger partial charge in [-0.2, -0.15) is 0 Å². The van der Waals surface area contributed by atoms with Gasteiger partial charge in [0.25, 0.3) is 0 Å². The summed E-state index contributed by atoms with van der Waals surface area (Å²) in [6.07, 6.45) is 2.44. The molecular weight excluding hydrogens is 498 g/mol. The first-order valence-electron chi connectivity index (χ1n) is 10.8. The molecule has 2 heterocycles. The third kappa shape index (κ3) is 5.62. The summed E-state index contributed by atoms with van der Waals surface area (Å²) >= 11 is 9.04. The molecule has 5 aromatic rings. The molecule has 9 heteroatoms. The number of thioether (sulfide) groups is 1. The Kier molecular flexibility index (Phi) is 7.23. The quantitative estimate of drug-likeness (QED) is 0.242. The molecule has 0 aliphatic heterocycles. The Hall–Kier alpha value is -3.46. The lowest BCUT2D eigenvalue weighted by Crippen LogP contribution is -2.14. The van der Waals surface area contributed by atoms with Gasteiger partial charge in [0.2, 0.25) is 5.91 Å². The standard InChI is InChI=1S/C26H20ClN5OS2/c27-22-14-8-7-11-19(22)15-21-16-28-25(35-21)29-23(33)17-34-26-31-30-24(18-9-3-1-4-10-18)32(26)20-12-5-2-6-13-20/h1-14,16H,15,17H2,(H,28,29,33). The normalized spacial score (nSPS) is 10.9. The zero-order valence-electron chi connectivity index (χ0n) is 18.5. The number of para-hydroxylation sites is 1. The van der Waals surface area contributed by atoms with Crippen LogP contribution >= 0.6 is 34.7 Å². The highest BCUT2D eigenvalue weighted by atomic mass is 35.5. The molecule has 6 nitrogen and oxygen atoms in total. The predicted molar refractivity (Wildman–Crippen MR) is 143 cm³/mol. The average molecular weight is 518 g/mol. The van der Waals surface area contributed by atoms with E-state index in [1.807, 2.05) is 89.5 Å². The molecular formula is C26H20ClN5OS2. The van der Waals surface area contributed by atoms with Crippen LogP contribution in [-0.2, 0) is 11.2 Å². The highest BCUT2D eigenvalue weighted by molar-refractivity contribution is 7.99. The molecule has 174 valence electrons. The van der Waals surface area contributed by atoms with Crippen LogP contribution in [-0.4, -0.2) is 31.4 Å². The fraction of sp³-hybridized carbons (Fsp3) is 0.0769. The van der Waals surface area contributed by atoms with Crippen molar-refractivity contribution in [2.45, 2.75) is 11.6 Å². The lowest BCUT2D eigenvalue weighted by Gasteiger charge is -2.10. The van der Waals surface area contributed by atoms with Crippen LogP contribution in [0.3, 0.4) is 0 Å². The molecule has 3 aromatic carbocycles. The van der Waals surface area contributed by atoms with Crippen molar-refractivity contribution in [2.24, 2.45) is 0 Å². The Balaban J connectivity index is 1.28. The number of amides is 1. The summed E-state index contributed by atoms with van der Waals surface area (Å²) in [6, 6.07) is 27.5. The average Bonchev–Trinajstić information content (AvgIpc) is 3.52. The Bertz CT molecular complexity index is 1440. The van der Waals surface area contributed by atoms with Gasteiger partial charge in [0.1, 0.15) is 0 Å². The number of carbonyl (C=O) groups is 1. The van der Waals surface area contributed by atoms with E-state index < -0.39 is 0 Å². The van der Waals surface area contributed by atoms with Gasteiger partial charge in [0.15, 0.2) is 16.1 Å². The van der Waals surface area contributed by atoms with Gasteiger partial charge >= 0.3 is 0 Å². The molecule has 0 aliphatic rings. The third-order valence-corrected chi connectivity index (χ3v) is 7.34. The van der Waals surface area contributed by atoms with Crippen molar-refractivity contribution in [1.29, 1.82) is 0 Å². The van der Waals surface area contributed by atoms with Crippen molar-refractivity contribution in [3.63, 3.8) is 0 Å². The molecule has 35 heavy (non-hydrogen) atoms. The number of carbonyl (C=O) groups excluding carboxylic acids is 1. The van der Waals surface area contributed by atoms with Crippen LogP contribution in [0.5, 0.6) is 0 Å². The van der Waals surface area contributed by atoms with Gasteiger partial charge in [-0.25, -0.2) is 4.98 Å². The van der Waals surface area contributed by atoms with Gasteiger partial charge < -0.3 is 5.32 Å². The smallest absolute Gasteiger partial charge is 0.236 e. The van der Waals surface area contributed by atoms with E-state index in [-0.39, 0.29) is 11.7 Å². The molecule has 0 saturated heterocycles. The molecule has 0 aliphatic carbocycles. The molecule has 0 unspecified atom stereocenters. The zero-order valence-corrected chi connectivity index (χ0v) is 20.9. The van der Waals surface area contributed by atoms with E-state index in [1.165, 1.54) is 23.1 Å². The van der Waals surface area contributed by atoms with Crippen LogP contribution in [0.15, 0.2) is 96.3 Å². The van der Waals surface area contributed by atoms with Crippen LogP contribution < -0.4 is 5.32 Å². The Morgan fingerprint density at radius 2 is 1.66 bits per heavy atom. The van der Waals surface area contributed by atoms with Gasteiger partial charge in [0, 0.05) is 33.8 Å². The minimum Gasteiger partial charge on any atom is -0.301 e. The first kappa shape index (κ1) is 23.3. The van der Waals surface area contributed by atoms with Crippen LogP contribution in [0, 0.1) is 0 Å². The van der Waals surface area contributed by atoms with Crippen LogP contribution in [0.4, 0.5) is 5.13 Å². The molecule has 2 aromatic heterocycles. The fourth-order valence-corrected chi connectivity index (χ4v) is 5.32. The predicted octanol–water partition coefficient (Wildman–Crippen LogP) is 6.37. The van der Waals surface area contributed by atoms with Crippen molar-refractivity contribution < 1.29 is 4.79 Å². The second kappa shape index (κ2) is 10.9. The third-order valence-electron chi connectivity index (χ3n) is 5.13. The van der Waals surface area contributed by atoms with E-state index in [1.54, 1.807) is 6.20 Å². The van der Waals surface area contributed by atoms with E-state index in [0.29, 0.717) is 16.7 Å². The Morgan fingerprint density at radius 3 is 2.43 bits per heavy atom. The topological polar surface area (TPSA) is 72.7 Å². The number of thiazole rings is 1. The molecule has 0 bridgehead atoms. The molecule has 0 saturated carbocycles. The lowest BCUT2D eigenvalue weighted by molar-refractivity contribution is -0.113. The van der Waals surface area contributed by atoms with E-state index in [2.05, 4.69) is 20.5 Å². The van der Waals surface area contributed by atoms with Gasteiger partial charge in [-0.05, 0) is 23.8 Å². The van der Waals surface area contributed by atoms with Crippen molar-refractivity contribution in [3.05, 3.63) is 107 Å². The van der Waals surface area contributed by atoms with Gasteiger partial charge in [-0.15, -0.1) is 21.5 Å². The molecule has 0 spiro atoms. The first-order valence-corrected chi connectivity index (χ1v) is 13.0. The molecule has 0 fully saturated rings. The number of benzene rings is 3. The summed E-state index contributed by atoms with van der Waals surface area (Å²) in [6.45, 7) is 0. The number of rotatable bonds is 8. The SMILES string of the molecule is O=C(CSc1nnc(-c2ccccc2)n1-c1ccccc1)Nc1ncc(Cc2ccccc2Cl)s1. The maximum Gasteiger partial charge on any atom is 0.236 e. The van der Waals surface area contributed by atoms with Crippen molar-refractivity contribution in [2.75, 3.05) is 11.1 Å². The highest BCUT2D eigenvalue weighted by Gasteiger charge is 2.17. The summed E-state index contributed by atoms with van der Waals surface area (Å²) in [5, 5.41) is 13.6. The van der Waals surface area contributed by atoms with Crippen molar-refractivity contribution in [1.82, 2.24) is 19.7 Å². The van der Waals surface area contributed by atoms with E-state index >= 15 is 0 Å². The van der Waals surface area contributed by atoms with E-state index in [9.17, 15) is 4.79 Å². The molecule has 1 amide bonds. The lowest BCUT2D eigenvalue weighted by atomic mass is 10.1. The summed E-state index contributed by atoms with van der Waals surface area (Å²) in [5.41, 5.74) is 2.91. The molecule has 5 rings (SSSR count). The van der Waals surface area contributed by atoms with Gasteiger partial charge in [0.05, 0.1) is 5.75 Å². The first-order chi connectivity index (χ1) is 17.2. The van der Waals surface area contributed by atoms with E-state index in [0.717, 1.165) is 32.5 Å². The Morgan fingerprint density at radius 1 is 0.943 bits per heavy atom. The second-order valence-electron chi connectivity index (χ2n) is 7.58. The number of hydrogen-bond acceptors (Lipinski definition) is 6. The number of nitrogens with zero attached hydrogens (tertiary/aromatic N) is 4. The van der Waals surface area contributed by atoms with Gasteiger partial charge in [-0.3, -0.25) is 9.36 Å². The number of halogens is 1. The van der Waals surface area contributed by atoms with Gasteiger partial charge in [-0.1, -0.05) is 90.1 Å². The minimum absolute atomic E-state index is 0.155. The minimum atomic E-state index is -0.155. The number of nitrogens with one attached hydrogen (secondary N) is 1. The monoisotopic (exact) mass is 517 g/mol. The summed E-state index contributed by atoms with van der Waals surface area (Å²) in [4.78, 5) is 18.1. The molecule has 1 N–H and O–H groups in total. The number of hydrogen-bond donors (Lipinski definition) is 1. The maximum absolute atomic E-state index is 12.7. The van der Waals surface area contributed by atoms with Crippen molar-refractivity contribution in [3.8, 4) is 17.1 Å². The summed E-state index contributed by atoms with van der Waals surface area (Å²) in [7, 11) is 0. The number of anilines is 1. The largest absolute Gasteiger partial charge is 0.301 e. The Labute approximate surface area is 216 Å². The maximum atomic E-state index is 12.7. The van der Waals surface area contributed by atoms with E-state index in [4.69, 9.17) is 11.6 Å². The molecule has 0 atom stereocenters. The van der Waals surface area contributed by atoms with Crippen LogP contribution in [0.2, 0.25) is 5.02 Å². The number of aromatic nitrogens is 4.